The largest absolute Gasteiger partial charge is 0.489 e. The van der Waals surface area contributed by atoms with Crippen LogP contribution in [0, 0.1) is 0 Å². The van der Waals surface area contributed by atoms with Crippen LogP contribution in [-0.4, -0.2) is 51.4 Å². The molecule has 1 unspecified atom stereocenters. The molecule has 0 aromatic heterocycles. The highest BCUT2D eigenvalue weighted by atomic mass is 16.5. The lowest BCUT2D eigenvalue weighted by molar-refractivity contribution is 0.157. The molecule has 1 aromatic rings. The van der Waals surface area contributed by atoms with Crippen LogP contribution < -0.4 is 25.4 Å². The van der Waals surface area contributed by atoms with Crippen molar-refractivity contribution in [1.82, 2.24) is 16.0 Å². The second-order valence-electron chi connectivity index (χ2n) is 7.27. The van der Waals surface area contributed by atoms with Gasteiger partial charge >= 0.3 is 0 Å². The topological polar surface area (TPSA) is 66.9 Å². The molecule has 4 rings (SSSR count). The van der Waals surface area contributed by atoms with Gasteiger partial charge in [-0.15, -0.1) is 0 Å². The molecule has 142 valence electrons. The van der Waals surface area contributed by atoms with Crippen molar-refractivity contribution in [2.24, 2.45) is 4.99 Å². The molecule has 3 heterocycles. The van der Waals surface area contributed by atoms with Crippen LogP contribution in [0.25, 0.3) is 0 Å². The van der Waals surface area contributed by atoms with E-state index in [1.165, 1.54) is 11.1 Å². The van der Waals surface area contributed by atoms with Crippen molar-refractivity contribution in [1.29, 1.82) is 0 Å². The molecule has 3 aliphatic rings. The smallest absolute Gasteiger partial charge is 0.191 e. The maximum Gasteiger partial charge on any atom is 0.191 e. The number of guanidine groups is 1. The van der Waals surface area contributed by atoms with Gasteiger partial charge in [0.1, 0.15) is 6.10 Å². The fourth-order valence-corrected chi connectivity index (χ4v) is 3.78. The minimum absolute atomic E-state index is 0.233. The molecule has 1 atom stereocenters. The first kappa shape index (κ1) is 17.5. The van der Waals surface area contributed by atoms with Crippen LogP contribution >= 0.6 is 0 Å². The quantitative estimate of drug-likeness (QED) is 0.675. The van der Waals surface area contributed by atoms with E-state index in [0.29, 0.717) is 0 Å². The number of aliphatic imine (C=N–C) groups is 1. The Morgan fingerprint density at radius 2 is 2.04 bits per heavy atom. The Morgan fingerprint density at radius 3 is 2.92 bits per heavy atom. The number of hydrogen-bond acceptors (Lipinski definition) is 6. The van der Waals surface area contributed by atoms with Gasteiger partial charge in [0.05, 0.1) is 6.61 Å². The van der Waals surface area contributed by atoms with Crippen molar-refractivity contribution in [3.63, 3.8) is 0 Å². The van der Waals surface area contributed by atoms with Crippen molar-refractivity contribution in [3.8, 4) is 11.5 Å². The summed E-state index contributed by atoms with van der Waals surface area (Å²) in [6.45, 7) is 5.58. The maximum absolute atomic E-state index is 6.30. The minimum Gasteiger partial charge on any atom is -0.489 e. The van der Waals surface area contributed by atoms with E-state index in [4.69, 9.17) is 9.47 Å². The van der Waals surface area contributed by atoms with Gasteiger partial charge in [0.2, 0.25) is 0 Å². The number of aryl methyl sites for hydroxylation is 2. The van der Waals surface area contributed by atoms with Gasteiger partial charge in [0.25, 0.3) is 0 Å². The van der Waals surface area contributed by atoms with Gasteiger partial charge in [0, 0.05) is 26.2 Å². The second-order valence-corrected chi connectivity index (χ2v) is 7.27. The van der Waals surface area contributed by atoms with Crippen molar-refractivity contribution in [3.05, 3.63) is 23.3 Å². The summed E-state index contributed by atoms with van der Waals surface area (Å²) in [5.41, 5.74) is 2.60. The molecule has 0 bridgehead atoms. The molecule has 0 aliphatic carbocycles. The predicted octanol–water partition coefficient (Wildman–Crippen LogP) is 1.62. The Hall–Kier alpha value is -1.95. The van der Waals surface area contributed by atoms with Gasteiger partial charge < -0.3 is 25.4 Å². The second kappa shape index (κ2) is 8.62. The van der Waals surface area contributed by atoms with E-state index >= 15 is 0 Å². The summed E-state index contributed by atoms with van der Waals surface area (Å²) in [5.74, 6) is 2.96. The molecular formula is C20H30N4O2. The van der Waals surface area contributed by atoms with Crippen LogP contribution in [0.5, 0.6) is 11.5 Å². The fourth-order valence-electron chi connectivity index (χ4n) is 3.78. The summed E-state index contributed by atoms with van der Waals surface area (Å²) in [6.07, 6.45) is 6.78. The number of rotatable bonds is 6. The minimum atomic E-state index is 0.233. The summed E-state index contributed by atoms with van der Waals surface area (Å²) < 4.78 is 12.2. The molecule has 1 aromatic carbocycles. The Morgan fingerprint density at radius 1 is 1.12 bits per heavy atom. The lowest BCUT2D eigenvalue weighted by atomic mass is 9.97. The molecule has 0 saturated carbocycles. The average molecular weight is 358 g/mol. The zero-order valence-corrected chi connectivity index (χ0v) is 15.5. The Bertz CT molecular complexity index is 647. The highest BCUT2D eigenvalue weighted by Crippen LogP contribution is 2.41. The number of nitrogens with zero attached hydrogens (tertiary/aromatic N) is 1. The number of nitrogens with one attached hydrogen (secondary N) is 3. The van der Waals surface area contributed by atoms with E-state index in [0.717, 1.165) is 95.3 Å². The van der Waals surface area contributed by atoms with Gasteiger partial charge in [0.15, 0.2) is 17.5 Å². The molecule has 3 N–H and O–H groups in total. The van der Waals surface area contributed by atoms with Gasteiger partial charge in [-0.25, -0.2) is 0 Å². The number of ether oxygens (including phenoxy) is 2. The normalized spacial score (nSPS) is 21.4. The molecule has 0 radical (unpaired) electrons. The van der Waals surface area contributed by atoms with Crippen LogP contribution in [0.4, 0.5) is 0 Å². The summed E-state index contributed by atoms with van der Waals surface area (Å²) >= 11 is 0. The third-order valence-corrected chi connectivity index (χ3v) is 5.22. The molecule has 26 heavy (non-hydrogen) atoms. The molecule has 6 nitrogen and oxygen atoms in total. The van der Waals surface area contributed by atoms with Crippen molar-refractivity contribution >= 4 is 5.96 Å². The van der Waals surface area contributed by atoms with Gasteiger partial charge in [-0.05, 0) is 56.2 Å². The van der Waals surface area contributed by atoms with Gasteiger partial charge in [-0.2, -0.15) is 0 Å². The molecule has 0 amide bonds. The zero-order valence-electron chi connectivity index (χ0n) is 15.5. The van der Waals surface area contributed by atoms with Crippen molar-refractivity contribution in [2.45, 2.75) is 44.6 Å². The summed E-state index contributed by atoms with van der Waals surface area (Å²) in [5, 5.41) is 10.2. The maximum atomic E-state index is 6.30. The third-order valence-electron chi connectivity index (χ3n) is 5.22. The first-order valence-corrected chi connectivity index (χ1v) is 10.1. The highest BCUT2D eigenvalue weighted by molar-refractivity contribution is 5.80. The number of fused-ring (bicyclic) bond motifs is 3. The standard InChI is InChI=1S/C20H30N4O2/c1-4-15-5-6-16-7-8-17(26-19(16)18(15)25-13-1)14-21-9-2-10-22-20-23-11-3-12-24-20/h5-6,17,21H,1-4,7-14H2,(H2,22,23,24). The monoisotopic (exact) mass is 358 g/mol. The van der Waals surface area contributed by atoms with E-state index in [9.17, 15) is 0 Å². The molecular weight excluding hydrogens is 328 g/mol. The average Bonchev–Trinajstić information content (AvgIpc) is 2.71. The molecule has 6 heteroatoms. The van der Waals surface area contributed by atoms with E-state index in [1.807, 2.05) is 0 Å². The van der Waals surface area contributed by atoms with E-state index in [2.05, 4.69) is 33.1 Å². The highest BCUT2D eigenvalue weighted by Gasteiger charge is 2.26. The van der Waals surface area contributed by atoms with Gasteiger partial charge in [-0.1, -0.05) is 12.1 Å². The zero-order chi connectivity index (χ0) is 17.6. The van der Waals surface area contributed by atoms with Crippen molar-refractivity contribution < 1.29 is 9.47 Å². The van der Waals surface area contributed by atoms with Crippen LogP contribution in [0.3, 0.4) is 0 Å². The van der Waals surface area contributed by atoms with Crippen LogP contribution in [0.15, 0.2) is 17.1 Å². The molecule has 0 saturated heterocycles. The summed E-state index contributed by atoms with van der Waals surface area (Å²) in [4.78, 5) is 4.42. The van der Waals surface area contributed by atoms with Crippen LogP contribution in [-0.2, 0) is 12.8 Å². The van der Waals surface area contributed by atoms with Crippen LogP contribution in [0.2, 0.25) is 0 Å². The van der Waals surface area contributed by atoms with E-state index < -0.39 is 0 Å². The predicted molar refractivity (Wildman–Crippen MR) is 103 cm³/mol. The van der Waals surface area contributed by atoms with E-state index in [1.54, 1.807) is 0 Å². The van der Waals surface area contributed by atoms with Crippen molar-refractivity contribution in [2.75, 3.05) is 39.3 Å². The van der Waals surface area contributed by atoms with E-state index in [-0.39, 0.29) is 6.10 Å². The molecule has 0 spiro atoms. The lowest BCUT2D eigenvalue weighted by Gasteiger charge is -2.30. The fraction of sp³-hybridized carbons (Fsp3) is 0.650. The number of hydrogen-bond donors (Lipinski definition) is 3. The van der Waals surface area contributed by atoms with Crippen LogP contribution in [0.1, 0.15) is 36.8 Å². The Kier molecular flexibility index (Phi) is 5.79. The first-order chi connectivity index (χ1) is 12.9. The summed E-state index contributed by atoms with van der Waals surface area (Å²) in [6, 6.07) is 4.44. The lowest BCUT2D eigenvalue weighted by Crippen LogP contribution is -2.42. The Labute approximate surface area is 155 Å². The summed E-state index contributed by atoms with van der Waals surface area (Å²) in [7, 11) is 0. The molecule has 3 aliphatic heterocycles. The number of benzene rings is 1. The first-order valence-electron chi connectivity index (χ1n) is 10.1. The third kappa shape index (κ3) is 4.23. The Balaban J connectivity index is 1.19. The molecule has 0 fully saturated rings. The SMILES string of the molecule is c1cc2c(c3c1CCCO3)OC(CNCCCNC1=NCCCN1)CC2. The van der Waals surface area contributed by atoms with Gasteiger partial charge in [-0.3, -0.25) is 4.99 Å².